The van der Waals surface area contributed by atoms with Crippen LogP contribution in [0.3, 0.4) is 0 Å². The van der Waals surface area contributed by atoms with Crippen LogP contribution in [0.4, 0.5) is 11.8 Å². The van der Waals surface area contributed by atoms with Crippen molar-refractivity contribution in [3.8, 4) is 0 Å². The number of hydrogen-bond acceptors (Lipinski definition) is 4. The van der Waals surface area contributed by atoms with Crippen molar-refractivity contribution in [3.05, 3.63) is 48.2 Å². The smallest absolute Gasteiger partial charge is 0.224 e. The minimum Gasteiger partial charge on any atom is -0.367 e. The van der Waals surface area contributed by atoms with Crippen LogP contribution >= 0.6 is 0 Å². The zero-order valence-corrected chi connectivity index (χ0v) is 12.8. The van der Waals surface area contributed by atoms with Gasteiger partial charge in [-0.15, -0.1) is 0 Å². The van der Waals surface area contributed by atoms with Crippen molar-refractivity contribution in [3.63, 3.8) is 0 Å². The van der Waals surface area contributed by atoms with Gasteiger partial charge in [-0.05, 0) is 37.8 Å². The van der Waals surface area contributed by atoms with E-state index in [2.05, 4.69) is 64.8 Å². The highest BCUT2D eigenvalue weighted by Gasteiger charge is 2.05. The fraction of sp³-hybridized carbons (Fsp3) is 0.412. The first-order chi connectivity index (χ1) is 10.3. The summed E-state index contributed by atoms with van der Waals surface area (Å²) in [5.41, 5.74) is 1.37. The molecule has 0 saturated carbocycles. The Balaban J connectivity index is 1.83. The monoisotopic (exact) mass is 284 g/mol. The molecule has 4 heteroatoms. The average molecular weight is 284 g/mol. The lowest BCUT2D eigenvalue weighted by Gasteiger charge is -2.15. The number of aryl methyl sites for hydroxylation is 1. The summed E-state index contributed by atoms with van der Waals surface area (Å²) in [7, 11) is 0. The van der Waals surface area contributed by atoms with Gasteiger partial charge in [0.1, 0.15) is 5.82 Å². The van der Waals surface area contributed by atoms with Gasteiger partial charge in [-0.3, -0.25) is 0 Å². The number of nitrogens with zero attached hydrogens (tertiary/aromatic N) is 2. The van der Waals surface area contributed by atoms with Crippen molar-refractivity contribution in [1.29, 1.82) is 0 Å². The second-order valence-corrected chi connectivity index (χ2v) is 5.26. The SMILES string of the molecule is CCCNc1nccc(NC(C)CCc2ccccc2)n1. The lowest BCUT2D eigenvalue weighted by Crippen LogP contribution is -2.17. The molecule has 112 valence electrons. The minimum absolute atomic E-state index is 0.374. The standard InChI is InChI=1S/C17H24N4/c1-3-12-18-17-19-13-11-16(21-17)20-14(2)9-10-15-7-5-4-6-8-15/h4-8,11,13-14H,3,9-10,12H2,1-2H3,(H2,18,19,20,21). The van der Waals surface area contributed by atoms with Crippen molar-refractivity contribution < 1.29 is 0 Å². The summed E-state index contributed by atoms with van der Waals surface area (Å²) in [6.45, 7) is 5.21. The van der Waals surface area contributed by atoms with Gasteiger partial charge in [0, 0.05) is 18.8 Å². The molecule has 2 rings (SSSR count). The number of rotatable bonds is 8. The largest absolute Gasteiger partial charge is 0.367 e. The number of nitrogens with one attached hydrogen (secondary N) is 2. The summed E-state index contributed by atoms with van der Waals surface area (Å²) in [6, 6.07) is 12.9. The lowest BCUT2D eigenvalue weighted by atomic mass is 10.1. The van der Waals surface area contributed by atoms with Crippen LogP contribution in [-0.4, -0.2) is 22.6 Å². The fourth-order valence-electron chi connectivity index (χ4n) is 2.11. The average Bonchev–Trinajstić information content (AvgIpc) is 2.52. The predicted octanol–water partition coefficient (Wildman–Crippen LogP) is 3.73. The van der Waals surface area contributed by atoms with Crippen molar-refractivity contribution in [2.45, 2.75) is 39.2 Å². The molecule has 0 spiro atoms. The van der Waals surface area contributed by atoms with Gasteiger partial charge < -0.3 is 10.6 Å². The zero-order valence-electron chi connectivity index (χ0n) is 12.8. The van der Waals surface area contributed by atoms with E-state index in [1.807, 2.05) is 6.07 Å². The molecule has 0 fully saturated rings. The minimum atomic E-state index is 0.374. The molecular weight excluding hydrogens is 260 g/mol. The van der Waals surface area contributed by atoms with Crippen molar-refractivity contribution in [2.75, 3.05) is 17.2 Å². The third-order valence-electron chi connectivity index (χ3n) is 3.29. The summed E-state index contributed by atoms with van der Waals surface area (Å²) in [6.07, 6.45) is 5.00. The molecule has 0 aliphatic carbocycles. The van der Waals surface area contributed by atoms with Gasteiger partial charge >= 0.3 is 0 Å². The molecule has 0 aliphatic rings. The Bertz CT molecular complexity index is 527. The number of aromatic nitrogens is 2. The van der Waals surface area contributed by atoms with Gasteiger partial charge in [0.15, 0.2) is 0 Å². The molecule has 0 bridgehead atoms. The Kier molecular flexibility index (Phi) is 6.00. The van der Waals surface area contributed by atoms with Crippen LogP contribution < -0.4 is 10.6 Å². The number of anilines is 2. The molecule has 1 aromatic carbocycles. The molecule has 0 amide bonds. The Labute approximate surface area is 127 Å². The molecule has 4 nitrogen and oxygen atoms in total. The van der Waals surface area contributed by atoms with Crippen LogP contribution in [-0.2, 0) is 6.42 Å². The van der Waals surface area contributed by atoms with Crippen molar-refractivity contribution >= 4 is 11.8 Å². The summed E-state index contributed by atoms with van der Waals surface area (Å²) in [5, 5.41) is 6.64. The van der Waals surface area contributed by atoms with E-state index in [9.17, 15) is 0 Å². The Morgan fingerprint density at radius 2 is 1.95 bits per heavy atom. The molecule has 1 heterocycles. The van der Waals surface area contributed by atoms with Crippen LogP contribution in [0.5, 0.6) is 0 Å². The lowest BCUT2D eigenvalue weighted by molar-refractivity contribution is 0.702. The summed E-state index contributed by atoms with van der Waals surface area (Å²) >= 11 is 0. The van der Waals surface area contributed by atoms with Gasteiger partial charge in [-0.1, -0.05) is 37.3 Å². The number of benzene rings is 1. The molecule has 2 aromatic rings. The van der Waals surface area contributed by atoms with Crippen LogP contribution in [0.15, 0.2) is 42.6 Å². The van der Waals surface area contributed by atoms with Gasteiger partial charge in [0.2, 0.25) is 5.95 Å². The van der Waals surface area contributed by atoms with E-state index in [1.54, 1.807) is 6.20 Å². The maximum atomic E-state index is 4.47. The second kappa shape index (κ2) is 8.25. The van der Waals surface area contributed by atoms with Crippen LogP contribution in [0.2, 0.25) is 0 Å². The first kappa shape index (κ1) is 15.3. The normalized spacial score (nSPS) is 11.9. The van der Waals surface area contributed by atoms with E-state index in [4.69, 9.17) is 0 Å². The van der Waals surface area contributed by atoms with E-state index in [0.717, 1.165) is 31.6 Å². The molecule has 0 aliphatic heterocycles. The van der Waals surface area contributed by atoms with Gasteiger partial charge in [0.05, 0.1) is 0 Å². The Morgan fingerprint density at radius 1 is 1.14 bits per heavy atom. The molecule has 1 aromatic heterocycles. The Hall–Kier alpha value is -2.10. The quantitative estimate of drug-likeness (QED) is 0.775. The molecule has 0 saturated heterocycles. The van der Waals surface area contributed by atoms with Crippen LogP contribution in [0.25, 0.3) is 0 Å². The third kappa shape index (κ3) is 5.42. The fourth-order valence-corrected chi connectivity index (χ4v) is 2.11. The van der Waals surface area contributed by atoms with E-state index in [-0.39, 0.29) is 0 Å². The highest BCUT2D eigenvalue weighted by Crippen LogP contribution is 2.11. The van der Waals surface area contributed by atoms with Crippen molar-refractivity contribution in [2.24, 2.45) is 0 Å². The van der Waals surface area contributed by atoms with E-state index in [0.29, 0.717) is 12.0 Å². The first-order valence-corrected chi connectivity index (χ1v) is 7.65. The molecule has 0 radical (unpaired) electrons. The maximum Gasteiger partial charge on any atom is 0.224 e. The second-order valence-electron chi connectivity index (χ2n) is 5.26. The van der Waals surface area contributed by atoms with Crippen molar-refractivity contribution in [1.82, 2.24) is 9.97 Å². The third-order valence-corrected chi connectivity index (χ3v) is 3.29. The molecule has 1 atom stereocenters. The highest BCUT2D eigenvalue weighted by molar-refractivity contribution is 5.40. The molecule has 21 heavy (non-hydrogen) atoms. The van der Waals surface area contributed by atoms with E-state index in [1.165, 1.54) is 5.56 Å². The topological polar surface area (TPSA) is 49.8 Å². The van der Waals surface area contributed by atoms with Gasteiger partial charge in [-0.2, -0.15) is 4.98 Å². The number of hydrogen-bond donors (Lipinski definition) is 2. The Morgan fingerprint density at radius 3 is 2.71 bits per heavy atom. The van der Waals surface area contributed by atoms with E-state index < -0.39 is 0 Å². The van der Waals surface area contributed by atoms with Gasteiger partial charge in [0.25, 0.3) is 0 Å². The molecule has 2 N–H and O–H groups in total. The zero-order chi connectivity index (χ0) is 14.9. The molecular formula is C17H24N4. The predicted molar refractivity (Wildman–Crippen MR) is 88.7 cm³/mol. The summed E-state index contributed by atoms with van der Waals surface area (Å²) < 4.78 is 0. The summed E-state index contributed by atoms with van der Waals surface area (Å²) in [4.78, 5) is 8.69. The van der Waals surface area contributed by atoms with Crippen LogP contribution in [0, 0.1) is 0 Å². The highest BCUT2D eigenvalue weighted by atomic mass is 15.1. The maximum absolute atomic E-state index is 4.47. The van der Waals surface area contributed by atoms with Crippen LogP contribution in [0.1, 0.15) is 32.3 Å². The molecule has 1 unspecified atom stereocenters. The first-order valence-electron chi connectivity index (χ1n) is 7.65. The van der Waals surface area contributed by atoms with E-state index >= 15 is 0 Å². The van der Waals surface area contributed by atoms with Gasteiger partial charge in [-0.25, -0.2) is 4.98 Å². The summed E-state index contributed by atoms with van der Waals surface area (Å²) in [5.74, 6) is 1.57.